The molecule has 0 bridgehead atoms. The molecule has 2 heteroatoms. The molecule has 0 aromatic heterocycles. The minimum absolute atomic E-state index is 0.243. The van der Waals surface area contributed by atoms with Crippen LogP contribution in [0.25, 0.3) is 0 Å². The molecule has 0 saturated carbocycles. The maximum absolute atomic E-state index is 9.65. The molecule has 2 rings (SSSR count). The quantitative estimate of drug-likeness (QED) is 0.809. The number of hydrogen-bond donors (Lipinski definition) is 1. The summed E-state index contributed by atoms with van der Waals surface area (Å²) in [4.78, 5) is 2.45. The normalized spacial score (nSPS) is 19.9. The number of rotatable bonds is 7. The van der Waals surface area contributed by atoms with E-state index in [0.717, 1.165) is 18.3 Å². The van der Waals surface area contributed by atoms with Gasteiger partial charge in [-0.2, -0.15) is 0 Å². The van der Waals surface area contributed by atoms with Gasteiger partial charge in [0.25, 0.3) is 0 Å². The monoisotopic (exact) mass is 317 g/mol. The molecule has 0 amide bonds. The van der Waals surface area contributed by atoms with E-state index in [1.165, 1.54) is 43.5 Å². The summed E-state index contributed by atoms with van der Waals surface area (Å²) in [6.45, 7) is 9.58. The first-order valence-corrected chi connectivity index (χ1v) is 9.39. The van der Waals surface area contributed by atoms with Gasteiger partial charge in [0.05, 0.1) is 6.61 Å². The van der Waals surface area contributed by atoms with Crippen LogP contribution in [0.2, 0.25) is 0 Å². The van der Waals surface area contributed by atoms with E-state index in [4.69, 9.17) is 0 Å². The summed E-state index contributed by atoms with van der Waals surface area (Å²) in [7, 11) is 2.23. The molecule has 1 aromatic carbocycles. The molecule has 0 radical (unpaired) electrons. The van der Waals surface area contributed by atoms with Gasteiger partial charge in [-0.05, 0) is 74.7 Å². The van der Waals surface area contributed by atoms with Crippen molar-refractivity contribution in [3.05, 3.63) is 35.4 Å². The predicted octanol–water partition coefficient (Wildman–Crippen LogP) is 4.33. The minimum atomic E-state index is 0.243. The molecule has 2 unspecified atom stereocenters. The van der Waals surface area contributed by atoms with Crippen LogP contribution in [0.1, 0.15) is 57.1 Å². The second kappa shape index (κ2) is 8.84. The van der Waals surface area contributed by atoms with Gasteiger partial charge in [0.2, 0.25) is 0 Å². The van der Waals surface area contributed by atoms with E-state index in [2.05, 4.69) is 57.0 Å². The Morgan fingerprint density at radius 3 is 2.48 bits per heavy atom. The molecule has 2 nitrogen and oxygen atoms in total. The smallest absolute Gasteiger partial charge is 0.0502 e. The molecule has 1 fully saturated rings. The van der Waals surface area contributed by atoms with Crippen LogP contribution in [0.3, 0.4) is 0 Å². The van der Waals surface area contributed by atoms with Gasteiger partial charge in [-0.25, -0.2) is 0 Å². The van der Waals surface area contributed by atoms with E-state index in [9.17, 15) is 5.11 Å². The fraction of sp³-hybridized carbons (Fsp3) is 0.714. The summed E-state index contributed by atoms with van der Waals surface area (Å²) in [5.74, 6) is 2.45. The van der Waals surface area contributed by atoms with Gasteiger partial charge in [0, 0.05) is 5.92 Å². The number of aliphatic hydroxyl groups excluding tert-OH is 1. The van der Waals surface area contributed by atoms with Gasteiger partial charge in [0.15, 0.2) is 0 Å². The van der Waals surface area contributed by atoms with Crippen LogP contribution in [-0.2, 0) is 6.42 Å². The van der Waals surface area contributed by atoms with Crippen LogP contribution in [0.15, 0.2) is 24.3 Å². The standard InChI is InChI=1S/C21H35NO/c1-16(2)21(15-23)20-7-5-6-18(14-20)9-8-17(3)19-10-12-22(4)13-11-19/h5-7,14,16-17,19,21,23H,8-13,15H2,1-4H3. The van der Waals surface area contributed by atoms with Crippen molar-refractivity contribution in [1.82, 2.24) is 4.90 Å². The molecule has 0 spiro atoms. The van der Waals surface area contributed by atoms with Gasteiger partial charge >= 0.3 is 0 Å². The molecule has 1 aliphatic rings. The second-order valence-corrected chi connectivity index (χ2v) is 7.93. The van der Waals surface area contributed by atoms with Crippen LogP contribution in [0.5, 0.6) is 0 Å². The Balaban J connectivity index is 1.90. The van der Waals surface area contributed by atoms with E-state index in [1.54, 1.807) is 0 Å². The highest BCUT2D eigenvalue weighted by atomic mass is 16.3. The average Bonchev–Trinajstić information content (AvgIpc) is 2.54. The van der Waals surface area contributed by atoms with Crippen molar-refractivity contribution in [3.8, 4) is 0 Å². The topological polar surface area (TPSA) is 23.5 Å². The van der Waals surface area contributed by atoms with Crippen LogP contribution in [0.4, 0.5) is 0 Å². The van der Waals surface area contributed by atoms with E-state index in [1.807, 2.05) is 0 Å². The summed E-state index contributed by atoms with van der Waals surface area (Å²) in [5.41, 5.74) is 2.73. The Kier molecular flexibility index (Phi) is 7.10. The maximum Gasteiger partial charge on any atom is 0.0502 e. The third-order valence-corrected chi connectivity index (χ3v) is 5.84. The summed E-state index contributed by atoms with van der Waals surface area (Å²) in [6.07, 6.45) is 5.16. The lowest BCUT2D eigenvalue weighted by molar-refractivity contribution is 0.173. The van der Waals surface area contributed by atoms with Crippen molar-refractivity contribution in [2.45, 2.75) is 52.4 Å². The Bertz CT molecular complexity index is 463. The largest absolute Gasteiger partial charge is 0.396 e. The van der Waals surface area contributed by atoms with Crippen molar-refractivity contribution < 1.29 is 5.11 Å². The first kappa shape index (κ1) is 18.5. The van der Waals surface area contributed by atoms with Gasteiger partial charge in [0.1, 0.15) is 0 Å². The minimum Gasteiger partial charge on any atom is -0.396 e. The molecule has 23 heavy (non-hydrogen) atoms. The second-order valence-electron chi connectivity index (χ2n) is 7.93. The highest BCUT2D eigenvalue weighted by Crippen LogP contribution is 2.29. The SMILES string of the molecule is CC(C)C(CO)c1cccc(CCC(C)C2CCN(C)CC2)c1. The van der Waals surface area contributed by atoms with Crippen molar-refractivity contribution >= 4 is 0 Å². The first-order chi connectivity index (χ1) is 11.0. The Morgan fingerprint density at radius 1 is 1.17 bits per heavy atom. The Morgan fingerprint density at radius 2 is 1.87 bits per heavy atom. The third kappa shape index (κ3) is 5.32. The number of piperidine rings is 1. The van der Waals surface area contributed by atoms with Crippen molar-refractivity contribution in [2.75, 3.05) is 26.7 Å². The van der Waals surface area contributed by atoms with E-state index < -0.39 is 0 Å². The zero-order valence-corrected chi connectivity index (χ0v) is 15.5. The summed E-state index contributed by atoms with van der Waals surface area (Å²) >= 11 is 0. The molecule has 1 N–H and O–H groups in total. The van der Waals surface area contributed by atoms with Crippen molar-refractivity contribution in [2.24, 2.45) is 17.8 Å². The molecule has 1 saturated heterocycles. The van der Waals surface area contributed by atoms with Crippen LogP contribution in [0, 0.1) is 17.8 Å². The molecule has 1 aliphatic heterocycles. The maximum atomic E-state index is 9.65. The number of aliphatic hydroxyl groups is 1. The van der Waals surface area contributed by atoms with E-state index >= 15 is 0 Å². The van der Waals surface area contributed by atoms with E-state index in [0.29, 0.717) is 5.92 Å². The highest BCUT2D eigenvalue weighted by molar-refractivity contribution is 5.27. The summed E-state index contributed by atoms with van der Waals surface area (Å²) in [6, 6.07) is 8.91. The number of nitrogens with zero attached hydrogens (tertiary/aromatic N) is 1. The number of aryl methyl sites for hydroxylation is 1. The summed E-state index contributed by atoms with van der Waals surface area (Å²) < 4.78 is 0. The molecule has 1 aromatic rings. The predicted molar refractivity (Wildman–Crippen MR) is 98.8 cm³/mol. The fourth-order valence-electron chi connectivity index (χ4n) is 3.91. The summed E-state index contributed by atoms with van der Waals surface area (Å²) in [5, 5.41) is 9.65. The zero-order chi connectivity index (χ0) is 16.8. The lowest BCUT2D eigenvalue weighted by Crippen LogP contribution is -2.32. The molecule has 1 heterocycles. The van der Waals surface area contributed by atoms with Crippen LogP contribution in [-0.4, -0.2) is 36.8 Å². The number of benzene rings is 1. The average molecular weight is 318 g/mol. The third-order valence-electron chi connectivity index (χ3n) is 5.84. The number of hydrogen-bond acceptors (Lipinski definition) is 2. The Hall–Kier alpha value is -0.860. The number of likely N-dealkylation sites (tertiary alicyclic amines) is 1. The molecule has 2 atom stereocenters. The van der Waals surface area contributed by atoms with Crippen LogP contribution < -0.4 is 0 Å². The molecular weight excluding hydrogens is 282 g/mol. The van der Waals surface area contributed by atoms with Gasteiger partial charge < -0.3 is 10.0 Å². The molecule has 130 valence electrons. The Labute approximate surface area is 142 Å². The molecular formula is C21H35NO. The highest BCUT2D eigenvalue weighted by Gasteiger charge is 2.22. The van der Waals surface area contributed by atoms with Crippen molar-refractivity contribution in [3.63, 3.8) is 0 Å². The van der Waals surface area contributed by atoms with E-state index in [-0.39, 0.29) is 12.5 Å². The molecule has 0 aliphatic carbocycles. The van der Waals surface area contributed by atoms with Crippen molar-refractivity contribution in [1.29, 1.82) is 0 Å². The van der Waals surface area contributed by atoms with Gasteiger partial charge in [-0.1, -0.05) is 45.0 Å². The first-order valence-electron chi connectivity index (χ1n) is 9.39. The lowest BCUT2D eigenvalue weighted by Gasteiger charge is -2.32. The fourth-order valence-corrected chi connectivity index (χ4v) is 3.91. The lowest BCUT2D eigenvalue weighted by atomic mass is 9.82. The van der Waals surface area contributed by atoms with Gasteiger partial charge in [-0.15, -0.1) is 0 Å². The van der Waals surface area contributed by atoms with Crippen LogP contribution >= 0.6 is 0 Å². The zero-order valence-electron chi connectivity index (χ0n) is 15.5. The van der Waals surface area contributed by atoms with Gasteiger partial charge in [-0.3, -0.25) is 0 Å².